The van der Waals surface area contributed by atoms with E-state index in [1.54, 1.807) is 4.98 Å². The van der Waals surface area contributed by atoms with Crippen molar-refractivity contribution >= 4 is 5.69 Å². The van der Waals surface area contributed by atoms with Crippen LogP contribution in [-0.2, 0) is 0 Å². The van der Waals surface area contributed by atoms with Gasteiger partial charge in [-0.1, -0.05) is 0 Å². The van der Waals surface area contributed by atoms with Crippen molar-refractivity contribution in [3.05, 3.63) is 27.9 Å². The number of aromatic nitrogens is 1. The summed E-state index contributed by atoms with van der Waals surface area (Å²) >= 11 is 0. The lowest BCUT2D eigenvalue weighted by atomic mass is 10.2. The fraction of sp³-hybridized carbons (Fsp3) is 0.167. The summed E-state index contributed by atoms with van der Waals surface area (Å²) in [7, 11) is 0. The summed E-state index contributed by atoms with van der Waals surface area (Å²) in [5, 5.41) is 0. The van der Waals surface area contributed by atoms with E-state index in [1.807, 2.05) is 0 Å². The van der Waals surface area contributed by atoms with E-state index < -0.39 is 29.2 Å². The van der Waals surface area contributed by atoms with Crippen molar-refractivity contribution in [1.82, 2.24) is 4.98 Å². The second-order valence-electron chi connectivity index (χ2n) is 2.12. The van der Waals surface area contributed by atoms with Gasteiger partial charge in [-0.05, 0) is 0 Å². The Labute approximate surface area is 65.0 Å². The van der Waals surface area contributed by atoms with E-state index in [2.05, 4.69) is 0 Å². The molecule has 0 radical (unpaired) electrons. The number of hydrogen-bond acceptors (Lipinski definition) is 2. The van der Waals surface area contributed by atoms with Crippen molar-refractivity contribution in [3.8, 4) is 0 Å². The molecule has 1 aromatic rings. The number of alkyl halides is 2. The van der Waals surface area contributed by atoms with Crippen LogP contribution in [0.4, 0.5) is 18.9 Å². The molecule has 0 atom stereocenters. The molecule has 12 heavy (non-hydrogen) atoms. The van der Waals surface area contributed by atoms with E-state index in [-0.39, 0.29) is 0 Å². The van der Waals surface area contributed by atoms with E-state index in [9.17, 15) is 18.0 Å². The Morgan fingerprint density at radius 3 is 2.58 bits per heavy atom. The lowest BCUT2D eigenvalue weighted by molar-refractivity contribution is 0.151. The monoisotopic (exact) mass is 178 g/mol. The van der Waals surface area contributed by atoms with Crippen molar-refractivity contribution in [2.45, 2.75) is 6.43 Å². The van der Waals surface area contributed by atoms with Crippen LogP contribution in [0.25, 0.3) is 0 Å². The Morgan fingerprint density at radius 1 is 1.50 bits per heavy atom. The number of aromatic amines is 1. The van der Waals surface area contributed by atoms with Crippen molar-refractivity contribution in [2.75, 3.05) is 5.73 Å². The summed E-state index contributed by atoms with van der Waals surface area (Å²) in [4.78, 5) is 12.1. The number of nitrogens with one attached hydrogen (secondary N) is 1. The zero-order chi connectivity index (χ0) is 9.30. The second-order valence-corrected chi connectivity index (χ2v) is 2.12. The molecule has 6 heteroatoms. The molecule has 1 heterocycles. The molecular weight excluding hydrogens is 173 g/mol. The number of nitrogen functional groups attached to an aromatic ring is 1. The molecule has 0 aliphatic carbocycles. The predicted molar refractivity (Wildman–Crippen MR) is 36.4 cm³/mol. The number of pyridine rings is 1. The number of halogens is 3. The Balaban J connectivity index is 3.38. The van der Waals surface area contributed by atoms with Crippen LogP contribution in [0.2, 0.25) is 0 Å². The molecule has 0 saturated heterocycles. The van der Waals surface area contributed by atoms with Gasteiger partial charge in [-0.15, -0.1) is 0 Å². The predicted octanol–water partition coefficient (Wildman–Crippen LogP) is 1.03. The highest BCUT2D eigenvalue weighted by molar-refractivity contribution is 5.45. The van der Waals surface area contributed by atoms with Gasteiger partial charge >= 0.3 is 0 Å². The smallest absolute Gasteiger partial charge is 0.266 e. The molecule has 0 fully saturated rings. The van der Waals surface area contributed by atoms with Crippen LogP contribution in [0.1, 0.15) is 12.0 Å². The van der Waals surface area contributed by atoms with Gasteiger partial charge in [0.15, 0.2) is 0 Å². The van der Waals surface area contributed by atoms with Gasteiger partial charge in [0.05, 0.1) is 11.3 Å². The lowest BCUT2D eigenvalue weighted by Crippen LogP contribution is -2.12. The van der Waals surface area contributed by atoms with E-state index in [0.29, 0.717) is 6.07 Å². The second kappa shape index (κ2) is 2.88. The first-order valence-electron chi connectivity index (χ1n) is 2.98. The zero-order valence-corrected chi connectivity index (χ0v) is 5.77. The maximum atomic E-state index is 12.5. The third kappa shape index (κ3) is 1.41. The van der Waals surface area contributed by atoms with Gasteiger partial charge < -0.3 is 5.73 Å². The maximum absolute atomic E-state index is 12.5. The number of nitrogens with two attached hydrogens (primary N) is 1. The average Bonchev–Trinajstić information content (AvgIpc) is 1.96. The highest BCUT2D eigenvalue weighted by atomic mass is 19.3. The third-order valence-electron chi connectivity index (χ3n) is 1.30. The van der Waals surface area contributed by atoms with E-state index in [4.69, 9.17) is 5.73 Å². The third-order valence-corrected chi connectivity index (χ3v) is 1.30. The van der Waals surface area contributed by atoms with Gasteiger partial charge in [0.25, 0.3) is 12.0 Å². The van der Waals surface area contributed by atoms with Crippen molar-refractivity contribution in [2.24, 2.45) is 0 Å². The van der Waals surface area contributed by atoms with Crippen LogP contribution in [0.15, 0.2) is 10.9 Å². The first kappa shape index (κ1) is 8.63. The van der Waals surface area contributed by atoms with Gasteiger partial charge in [0, 0.05) is 6.07 Å². The molecule has 0 unspecified atom stereocenters. The quantitative estimate of drug-likeness (QED) is 0.631. The van der Waals surface area contributed by atoms with Crippen LogP contribution in [0, 0.1) is 5.95 Å². The molecule has 0 spiro atoms. The van der Waals surface area contributed by atoms with Crippen LogP contribution in [0.3, 0.4) is 0 Å². The van der Waals surface area contributed by atoms with Crippen LogP contribution in [0.5, 0.6) is 0 Å². The standard InChI is InChI=1S/C6H5F3N2O/c7-5(8)2-1-3(12)11-6(9)4(2)10/h1,5H,10H2,(H,11,12). The minimum atomic E-state index is -2.94. The topological polar surface area (TPSA) is 58.9 Å². The first-order valence-corrected chi connectivity index (χ1v) is 2.98. The normalized spacial score (nSPS) is 10.7. The van der Waals surface area contributed by atoms with Gasteiger partial charge in [0.1, 0.15) is 0 Å². The molecule has 0 saturated carbocycles. The molecule has 0 aromatic carbocycles. The lowest BCUT2D eigenvalue weighted by Gasteiger charge is -2.02. The summed E-state index contributed by atoms with van der Waals surface area (Å²) in [6.07, 6.45) is -2.94. The molecule has 0 aliphatic heterocycles. The molecular formula is C6H5F3N2O. The van der Waals surface area contributed by atoms with E-state index in [1.165, 1.54) is 0 Å². The number of H-pyrrole nitrogens is 1. The molecule has 66 valence electrons. The zero-order valence-electron chi connectivity index (χ0n) is 5.77. The van der Waals surface area contributed by atoms with E-state index >= 15 is 0 Å². The Bertz CT molecular complexity index is 347. The largest absolute Gasteiger partial charge is 0.395 e. The highest BCUT2D eigenvalue weighted by Gasteiger charge is 2.15. The maximum Gasteiger partial charge on any atom is 0.266 e. The molecule has 0 aliphatic rings. The Morgan fingerprint density at radius 2 is 2.08 bits per heavy atom. The highest BCUT2D eigenvalue weighted by Crippen LogP contribution is 2.23. The molecule has 3 N–H and O–H groups in total. The van der Waals surface area contributed by atoms with Crippen LogP contribution in [-0.4, -0.2) is 4.98 Å². The summed E-state index contributed by atoms with van der Waals surface area (Å²) < 4.78 is 36.5. The number of hydrogen-bond donors (Lipinski definition) is 2. The summed E-state index contributed by atoms with van der Waals surface area (Å²) in [6, 6.07) is 0.572. The van der Waals surface area contributed by atoms with Crippen LogP contribution < -0.4 is 11.3 Å². The molecule has 0 amide bonds. The summed E-state index contributed by atoms with van der Waals surface area (Å²) in [6.45, 7) is 0. The molecule has 1 aromatic heterocycles. The summed E-state index contributed by atoms with van der Waals surface area (Å²) in [5.41, 5.74) is 2.49. The Kier molecular flexibility index (Phi) is 2.07. The first-order chi connectivity index (χ1) is 5.52. The van der Waals surface area contributed by atoms with Crippen LogP contribution >= 0.6 is 0 Å². The number of anilines is 1. The van der Waals surface area contributed by atoms with Gasteiger partial charge in [-0.3, -0.25) is 9.78 Å². The molecule has 0 bridgehead atoms. The molecule has 3 nitrogen and oxygen atoms in total. The fourth-order valence-corrected chi connectivity index (χ4v) is 0.738. The van der Waals surface area contributed by atoms with Crippen molar-refractivity contribution < 1.29 is 13.2 Å². The minimum absolute atomic E-state index is 0.572. The minimum Gasteiger partial charge on any atom is -0.395 e. The van der Waals surface area contributed by atoms with Gasteiger partial charge in [-0.25, -0.2) is 8.78 Å². The molecule has 1 rings (SSSR count). The number of rotatable bonds is 1. The summed E-state index contributed by atoms with van der Waals surface area (Å²) in [5.74, 6) is -1.22. The average molecular weight is 178 g/mol. The fourth-order valence-electron chi connectivity index (χ4n) is 0.738. The van der Waals surface area contributed by atoms with Crippen molar-refractivity contribution in [3.63, 3.8) is 0 Å². The Hall–Kier alpha value is -1.46. The van der Waals surface area contributed by atoms with Gasteiger partial charge in [-0.2, -0.15) is 4.39 Å². The van der Waals surface area contributed by atoms with Crippen molar-refractivity contribution in [1.29, 1.82) is 0 Å². The van der Waals surface area contributed by atoms with Gasteiger partial charge in [0.2, 0.25) is 5.95 Å². The van der Waals surface area contributed by atoms with E-state index in [0.717, 1.165) is 0 Å². The SMILES string of the molecule is Nc1c(C(F)F)cc(=O)[nH]c1F.